The average Bonchev–Trinajstić information content (AvgIpc) is 2.89. The van der Waals surface area contributed by atoms with Gasteiger partial charge in [-0.3, -0.25) is 9.88 Å². The number of hydrogen-bond acceptors (Lipinski definition) is 6. The van der Waals surface area contributed by atoms with Gasteiger partial charge >= 0.3 is 6.18 Å². The van der Waals surface area contributed by atoms with E-state index >= 15 is 0 Å². The van der Waals surface area contributed by atoms with Crippen LogP contribution < -0.4 is 5.32 Å². The zero-order chi connectivity index (χ0) is 25.0. The molecule has 2 aromatic heterocycles. The van der Waals surface area contributed by atoms with Gasteiger partial charge in [0.1, 0.15) is 11.6 Å². The van der Waals surface area contributed by atoms with Gasteiger partial charge in [0.15, 0.2) is 0 Å². The summed E-state index contributed by atoms with van der Waals surface area (Å²) in [7, 11) is 0. The lowest BCUT2D eigenvalue weighted by molar-refractivity contribution is -0.137. The average molecular weight is 494 g/mol. The first-order valence-electron chi connectivity index (χ1n) is 11.9. The number of morpholine rings is 1. The number of aromatic nitrogens is 3. The maximum absolute atomic E-state index is 13.6. The molecule has 1 saturated heterocycles. The Hall–Kier alpha value is -3.56. The number of hydrogen-bond donors (Lipinski definition) is 1. The highest BCUT2D eigenvalue weighted by molar-refractivity contribution is 5.92. The van der Waals surface area contributed by atoms with Gasteiger partial charge in [-0.25, -0.2) is 9.97 Å². The molecule has 1 N–H and O–H groups in total. The molecule has 0 aliphatic carbocycles. The Morgan fingerprint density at radius 2 is 1.75 bits per heavy atom. The molecule has 2 aromatic carbocycles. The van der Waals surface area contributed by atoms with Gasteiger partial charge in [-0.05, 0) is 36.2 Å². The highest BCUT2D eigenvalue weighted by Gasteiger charge is 2.34. The monoisotopic (exact) mass is 493 g/mol. The van der Waals surface area contributed by atoms with Gasteiger partial charge in [0, 0.05) is 36.8 Å². The summed E-state index contributed by atoms with van der Waals surface area (Å²) >= 11 is 0. The Morgan fingerprint density at radius 1 is 0.944 bits per heavy atom. The normalized spacial score (nSPS) is 14.8. The van der Waals surface area contributed by atoms with Crippen molar-refractivity contribution in [2.24, 2.45) is 0 Å². The van der Waals surface area contributed by atoms with Crippen molar-refractivity contribution in [3.8, 4) is 11.3 Å². The van der Waals surface area contributed by atoms with Crippen molar-refractivity contribution in [1.29, 1.82) is 0 Å². The number of halogens is 3. The molecule has 6 nitrogen and oxygen atoms in total. The second-order valence-corrected chi connectivity index (χ2v) is 8.67. The molecule has 0 atom stereocenters. The number of rotatable bonds is 7. The third kappa shape index (κ3) is 5.63. The first kappa shape index (κ1) is 24.1. The first-order chi connectivity index (χ1) is 17.5. The molecule has 0 saturated carbocycles. The maximum atomic E-state index is 13.6. The number of nitrogens with one attached hydrogen (secondary N) is 1. The Kier molecular flexibility index (Phi) is 7.11. The summed E-state index contributed by atoms with van der Waals surface area (Å²) in [6.07, 6.45) is -2.32. The third-order valence-electron chi connectivity index (χ3n) is 6.15. The molecule has 0 bridgehead atoms. The lowest BCUT2D eigenvalue weighted by Crippen LogP contribution is -2.36. The van der Waals surface area contributed by atoms with Crippen molar-refractivity contribution >= 4 is 16.7 Å². The standard InChI is InChI=1S/C27H26F3N5O/c28-27(29,30)22-7-4-11-31-25(22)20-8-9-21-23(17-20)33-24(18-35-13-15-36-16-14-35)34-26(21)32-12-10-19-5-2-1-3-6-19/h1-9,11,17H,10,12-16,18H2,(H,32,33,34). The molecule has 186 valence electrons. The van der Waals surface area contributed by atoms with E-state index in [-0.39, 0.29) is 5.69 Å². The summed E-state index contributed by atoms with van der Waals surface area (Å²) in [5, 5.41) is 4.17. The Morgan fingerprint density at radius 3 is 2.53 bits per heavy atom. The fourth-order valence-electron chi connectivity index (χ4n) is 4.32. The van der Waals surface area contributed by atoms with Crippen LogP contribution >= 0.6 is 0 Å². The predicted molar refractivity (Wildman–Crippen MR) is 133 cm³/mol. The summed E-state index contributed by atoms with van der Waals surface area (Å²) in [5.41, 5.74) is 1.26. The molecular weight excluding hydrogens is 467 g/mol. The van der Waals surface area contributed by atoms with Crippen molar-refractivity contribution < 1.29 is 17.9 Å². The van der Waals surface area contributed by atoms with Crippen LogP contribution in [0.25, 0.3) is 22.2 Å². The van der Waals surface area contributed by atoms with Gasteiger partial charge in [0.2, 0.25) is 0 Å². The van der Waals surface area contributed by atoms with Crippen molar-refractivity contribution in [3.05, 3.63) is 83.8 Å². The summed E-state index contributed by atoms with van der Waals surface area (Å²) in [6, 6.07) is 17.6. The van der Waals surface area contributed by atoms with Crippen LogP contribution in [0.5, 0.6) is 0 Å². The van der Waals surface area contributed by atoms with Gasteiger partial charge in [-0.15, -0.1) is 0 Å². The van der Waals surface area contributed by atoms with Crippen molar-refractivity contribution in [2.45, 2.75) is 19.1 Å². The van der Waals surface area contributed by atoms with Crippen LogP contribution in [-0.2, 0) is 23.9 Å². The predicted octanol–water partition coefficient (Wildman–Crippen LogP) is 5.20. The van der Waals surface area contributed by atoms with Crippen molar-refractivity contribution in [3.63, 3.8) is 0 Å². The minimum atomic E-state index is -4.50. The first-order valence-corrected chi connectivity index (χ1v) is 11.9. The van der Waals surface area contributed by atoms with Gasteiger partial charge in [-0.1, -0.05) is 36.4 Å². The van der Waals surface area contributed by atoms with E-state index in [0.29, 0.717) is 49.0 Å². The van der Waals surface area contributed by atoms with E-state index in [1.807, 2.05) is 18.2 Å². The van der Waals surface area contributed by atoms with E-state index in [9.17, 15) is 13.2 Å². The molecule has 4 aromatic rings. The van der Waals surface area contributed by atoms with Gasteiger partial charge < -0.3 is 10.1 Å². The van der Waals surface area contributed by atoms with Crippen LogP contribution in [0, 0.1) is 0 Å². The number of benzene rings is 2. The van der Waals surface area contributed by atoms with Crippen molar-refractivity contribution in [2.75, 3.05) is 38.2 Å². The van der Waals surface area contributed by atoms with Crippen LogP contribution in [0.3, 0.4) is 0 Å². The van der Waals surface area contributed by atoms with Crippen LogP contribution in [-0.4, -0.2) is 52.7 Å². The van der Waals surface area contributed by atoms with Crippen LogP contribution in [0.2, 0.25) is 0 Å². The Balaban J connectivity index is 1.50. The molecule has 1 aliphatic rings. The minimum absolute atomic E-state index is 0.112. The molecule has 0 spiro atoms. The Labute approximate surface area is 207 Å². The van der Waals surface area contributed by atoms with E-state index in [1.165, 1.54) is 17.8 Å². The van der Waals surface area contributed by atoms with E-state index < -0.39 is 11.7 Å². The zero-order valence-corrected chi connectivity index (χ0v) is 19.6. The van der Waals surface area contributed by atoms with E-state index in [0.717, 1.165) is 31.0 Å². The molecule has 3 heterocycles. The molecular formula is C27H26F3N5O. The third-order valence-corrected chi connectivity index (χ3v) is 6.15. The van der Waals surface area contributed by atoms with E-state index in [1.54, 1.807) is 18.2 Å². The molecule has 5 rings (SSSR count). The van der Waals surface area contributed by atoms with Gasteiger partial charge in [0.25, 0.3) is 0 Å². The molecule has 9 heteroatoms. The van der Waals surface area contributed by atoms with Crippen molar-refractivity contribution in [1.82, 2.24) is 19.9 Å². The maximum Gasteiger partial charge on any atom is 0.418 e. The number of pyridine rings is 1. The fraction of sp³-hybridized carbons (Fsp3) is 0.296. The van der Waals surface area contributed by atoms with Crippen LogP contribution in [0.1, 0.15) is 17.0 Å². The molecule has 1 fully saturated rings. The van der Waals surface area contributed by atoms with E-state index in [2.05, 4.69) is 27.3 Å². The zero-order valence-electron chi connectivity index (χ0n) is 19.6. The molecule has 0 unspecified atom stereocenters. The highest BCUT2D eigenvalue weighted by Crippen LogP contribution is 2.36. The molecule has 1 aliphatic heterocycles. The number of ether oxygens (including phenoxy) is 1. The summed E-state index contributed by atoms with van der Waals surface area (Å²) in [6.45, 7) is 4.06. The largest absolute Gasteiger partial charge is 0.418 e. The lowest BCUT2D eigenvalue weighted by Gasteiger charge is -2.26. The topological polar surface area (TPSA) is 63.2 Å². The van der Waals surface area contributed by atoms with Crippen LogP contribution in [0.15, 0.2) is 66.9 Å². The number of anilines is 1. The lowest BCUT2D eigenvalue weighted by atomic mass is 10.0. The SMILES string of the molecule is FC(F)(F)c1cccnc1-c1ccc2c(NCCc3ccccc3)nc(CN3CCOCC3)nc2c1. The van der Waals surface area contributed by atoms with Gasteiger partial charge in [0.05, 0.1) is 36.5 Å². The second-order valence-electron chi connectivity index (χ2n) is 8.67. The molecule has 36 heavy (non-hydrogen) atoms. The second kappa shape index (κ2) is 10.6. The summed E-state index contributed by atoms with van der Waals surface area (Å²) in [5.74, 6) is 1.28. The molecule has 0 radical (unpaired) electrons. The number of fused-ring (bicyclic) bond motifs is 1. The number of nitrogens with zero attached hydrogens (tertiary/aromatic N) is 4. The van der Waals surface area contributed by atoms with Crippen LogP contribution in [0.4, 0.5) is 19.0 Å². The Bertz CT molecular complexity index is 1320. The van der Waals surface area contributed by atoms with Gasteiger partial charge in [-0.2, -0.15) is 13.2 Å². The minimum Gasteiger partial charge on any atom is -0.379 e. The highest BCUT2D eigenvalue weighted by atomic mass is 19.4. The molecule has 0 amide bonds. The summed E-state index contributed by atoms with van der Waals surface area (Å²) < 4.78 is 46.3. The van der Waals surface area contributed by atoms with E-state index in [4.69, 9.17) is 14.7 Å². The smallest absolute Gasteiger partial charge is 0.379 e. The number of alkyl halides is 3. The quantitative estimate of drug-likeness (QED) is 0.382. The summed E-state index contributed by atoms with van der Waals surface area (Å²) in [4.78, 5) is 15.8. The fourth-order valence-corrected chi connectivity index (χ4v) is 4.32.